The summed E-state index contributed by atoms with van der Waals surface area (Å²) < 4.78 is 6.61. The number of nitrogens with zero attached hydrogens (tertiary/aromatic N) is 3. The van der Waals surface area contributed by atoms with Gasteiger partial charge in [0.1, 0.15) is 5.01 Å². The average molecular weight is 940 g/mol. The van der Waals surface area contributed by atoms with Gasteiger partial charge in [-0.3, -0.25) is 0 Å². The lowest BCUT2D eigenvalue weighted by Gasteiger charge is -2.44. The molecule has 0 unspecified atom stereocenters. The number of hydrogen-bond donors (Lipinski definition) is 0. The zero-order valence-corrected chi connectivity index (χ0v) is 43.1. The highest BCUT2D eigenvalue weighted by Gasteiger charge is 2.51. The number of benzene rings is 8. The molecule has 0 saturated carbocycles. The lowest BCUT2D eigenvalue weighted by molar-refractivity contribution is 0.332. The van der Waals surface area contributed by atoms with Crippen LogP contribution in [0.3, 0.4) is 0 Å². The summed E-state index contributed by atoms with van der Waals surface area (Å²) in [5.41, 5.74) is 23.9. The van der Waals surface area contributed by atoms with E-state index >= 15 is 0 Å². The van der Waals surface area contributed by atoms with E-state index in [1.165, 1.54) is 138 Å². The summed E-state index contributed by atoms with van der Waals surface area (Å²) in [4.78, 5) is 8.23. The monoisotopic (exact) mass is 939 g/mol. The van der Waals surface area contributed by atoms with Crippen LogP contribution in [0.15, 0.2) is 140 Å². The number of thiophene rings is 1. The van der Waals surface area contributed by atoms with Crippen LogP contribution in [0.1, 0.15) is 103 Å². The summed E-state index contributed by atoms with van der Waals surface area (Å²) >= 11 is 3.74. The van der Waals surface area contributed by atoms with Crippen molar-refractivity contribution in [2.45, 2.75) is 96.8 Å². The second-order valence-corrected chi connectivity index (χ2v) is 25.9. The molecule has 0 bridgehead atoms. The summed E-state index contributed by atoms with van der Waals surface area (Å²) in [6.07, 6.45) is 2.34. The van der Waals surface area contributed by atoms with Gasteiger partial charge in [-0.15, -0.1) is 22.7 Å². The summed E-state index contributed by atoms with van der Waals surface area (Å²) in [6, 6.07) is 54.2. The first kappa shape index (κ1) is 41.3. The highest BCUT2D eigenvalue weighted by Crippen LogP contribution is 2.60. The Balaban J connectivity index is 1.18. The predicted molar refractivity (Wildman–Crippen MR) is 303 cm³/mol. The molecule has 0 radical (unpaired) electrons. The fraction of sp³-hybridized carbons (Fsp3) is 0.234. The Labute approximate surface area is 418 Å². The van der Waals surface area contributed by atoms with Gasteiger partial charge in [-0.05, 0) is 139 Å². The van der Waals surface area contributed by atoms with Crippen LogP contribution in [0.4, 0.5) is 11.4 Å². The zero-order chi connectivity index (χ0) is 47.5. The second kappa shape index (κ2) is 13.5. The maximum Gasteiger partial charge on any atom is 0.333 e. The number of fused-ring (bicyclic) bond motifs is 18. The Bertz CT molecular complexity index is 4140. The Hall–Kier alpha value is -6.47. The van der Waals surface area contributed by atoms with E-state index in [9.17, 15) is 0 Å². The van der Waals surface area contributed by atoms with Crippen LogP contribution in [-0.2, 0) is 21.7 Å². The molecule has 0 fully saturated rings. The third kappa shape index (κ3) is 5.29. The molecule has 0 amide bonds. The second-order valence-electron chi connectivity index (χ2n) is 23.7. The molecule has 340 valence electrons. The molecule has 3 nitrogen and oxygen atoms in total. The van der Waals surface area contributed by atoms with E-state index < -0.39 is 0 Å². The molecule has 70 heavy (non-hydrogen) atoms. The minimum atomic E-state index is -0.274. The first-order valence-electron chi connectivity index (χ1n) is 25.3. The first-order chi connectivity index (χ1) is 33.6. The quantitative estimate of drug-likeness (QED) is 0.161. The van der Waals surface area contributed by atoms with Crippen molar-refractivity contribution in [1.82, 2.24) is 9.55 Å². The Morgan fingerprint density at radius 3 is 2.06 bits per heavy atom. The van der Waals surface area contributed by atoms with E-state index in [-0.39, 0.29) is 28.5 Å². The predicted octanol–water partition coefficient (Wildman–Crippen LogP) is 16.6. The standard InChI is InChI=1S/C64H54BN3S2/c1-61(2,3)36-23-25-37(26-24-36)68-49-33-52-40(38-19-14-16-22-51(38)69-52)29-41(49)56-57-54(39-20-13-15-21-43(39)64(57,8)9)55-42-30-44-45(63(6,7)28-27-62(44,4)5)31-48(42)67-50-34-53-47(32-46(50)65(68)58(56)59(55)67)66-60(70-53)35-17-11-10-12-18-35/h10-26,29-34H,27-28H2,1-9H3. The molecular weight excluding hydrogens is 886 g/mol. The molecule has 3 aromatic heterocycles. The molecule has 6 heteroatoms. The van der Waals surface area contributed by atoms with Gasteiger partial charge in [-0.25, -0.2) is 4.98 Å². The van der Waals surface area contributed by atoms with Gasteiger partial charge in [-0.2, -0.15) is 0 Å². The Morgan fingerprint density at radius 1 is 0.586 bits per heavy atom. The Kier molecular flexibility index (Phi) is 7.96. The van der Waals surface area contributed by atoms with Crippen molar-refractivity contribution in [3.05, 3.63) is 167 Å². The fourth-order valence-electron chi connectivity index (χ4n) is 13.7. The third-order valence-electron chi connectivity index (χ3n) is 17.4. The van der Waals surface area contributed by atoms with Gasteiger partial charge in [-0.1, -0.05) is 147 Å². The van der Waals surface area contributed by atoms with Crippen molar-refractivity contribution < 1.29 is 0 Å². The Morgan fingerprint density at radius 2 is 1.29 bits per heavy atom. The van der Waals surface area contributed by atoms with Crippen LogP contribution in [0.25, 0.3) is 90.7 Å². The molecule has 5 heterocycles. The molecule has 0 atom stereocenters. The maximum atomic E-state index is 5.49. The van der Waals surface area contributed by atoms with Crippen LogP contribution in [-0.4, -0.2) is 16.4 Å². The summed E-state index contributed by atoms with van der Waals surface area (Å²) in [6.45, 7) is 21.8. The lowest BCUT2D eigenvalue weighted by Crippen LogP contribution is -2.61. The SMILES string of the molecule is CC(C)(C)c1ccc(N2B3c4cc5nc(-c6ccccc6)sc5cc4-n4c5cc6c(cc5c5c7c(c(c3c54)-c3cc4c(cc32)sc2ccccc24)C(C)(C)c2ccccc2-7)C(C)(C)CCC6(C)C)cc1. The molecule has 0 saturated heterocycles. The van der Waals surface area contributed by atoms with Gasteiger partial charge in [0.2, 0.25) is 0 Å². The number of aromatic nitrogens is 2. The van der Waals surface area contributed by atoms with Crippen molar-refractivity contribution in [2.75, 3.05) is 4.81 Å². The molecule has 4 aliphatic rings. The average Bonchev–Trinajstić information content (AvgIpc) is 4.09. The van der Waals surface area contributed by atoms with Crippen LogP contribution in [0.5, 0.6) is 0 Å². The maximum absolute atomic E-state index is 5.49. The van der Waals surface area contributed by atoms with Gasteiger partial charge < -0.3 is 9.38 Å². The summed E-state index contributed by atoms with van der Waals surface area (Å²) in [5, 5.41) is 6.50. The number of thiazole rings is 1. The zero-order valence-electron chi connectivity index (χ0n) is 41.4. The fourth-order valence-corrected chi connectivity index (χ4v) is 15.8. The van der Waals surface area contributed by atoms with Crippen molar-refractivity contribution in [1.29, 1.82) is 0 Å². The molecule has 2 aliphatic heterocycles. The molecular formula is C64H54BN3S2. The minimum absolute atomic E-state index is 0.0227. The van der Waals surface area contributed by atoms with Crippen molar-refractivity contribution in [3.63, 3.8) is 0 Å². The lowest BCUT2D eigenvalue weighted by atomic mass is 9.43. The summed E-state index contributed by atoms with van der Waals surface area (Å²) in [5.74, 6) is 0. The van der Waals surface area contributed by atoms with Gasteiger partial charge in [0, 0.05) is 64.5 Å². The highest BCUT2D eigenvalue weighted by atomic mass is 32.1. The molecule has 11 aromatic rings. The smallest absolute Gasteiger partial charge is 0.333 e. The van der Waals surface area contributed by atoms with Crippen LogP contribution in [0.2, 0.25) is 0 Å². The van der Waals surface area contributed by atoms with E-state index in [4.69, 9.17) is 4.98 Å². The number of hydrogen-bond acceptors (Lipinski definition) is 4. The molecule has 15 rings (SSSR count). The van der Waals surface area contributed by atoms with E-state index in [1.807, 2.05) is 22.7 Å². The van der Waals surface area contributed by atoms with Gasteiger partial charge in [0.25, 0.3) is 0 Å². The molecule has 8 aromatic carbocycles. The van der Waals surface area contributed by atoms with Crippen LogP contribution >= 0.6 is 22.7 Å². The number of anilines is 2. The van der Waals surface area contributed by atoms with Gasteiger partial charge >= 0.3 is 6.85 Å². The minimum Gasteiger partial charge on any atom is -0.376 e. The van der Waals surface area contributed by atoms with Crippen molar-refractivity contribution >= 4 is 104 Å². The molecule has 0 N–H and O–H groups in total. The molecule has 2 aliphatic carbocycles. The van der Waals surface area contributed by atoms with Crippen molar-refractivity contribution in [3.8, 4) is 38.5 Å². The molecule has 0 spiro atoms. The largest absolute Gasteiger partial charge is 0.376 e. The first-order valence-corrected chi connectivity index (χ1v) is 26.9. The van der Waals surface area contributed by atoms with Gasteiger partial charge in [0.15, 0.2) is 0 Å². The van der Waals surface area contributed by atoms with E-state index in [2.05, 4.69) is 211 Å². The van der Waals surface area contributed by atoms with Crippen molar-refractivity contribution in [2.24, 2.45) is 0 Å². The van der Waals surface area contributed by atoms with Gasteiger partial charge in [0.05, 0.1) is 21.3 Å². The normalized spacial score (nSPS) is 16.8. The van der Waals surface area contributed by atoms with E-state index in [0.717, 1.165) is 16.1 Å². The van der Waals surface area contributed by atoms with E-state index in [0.29, 0.717) is 0 Å². The highest BCUT2D eigenvalue weighted by molar-refractivity contribution is 7.26. The third-order valence-corrected chi connectivity index (χ3v) is 19.6. The van der Waals surface area contributed by atoms with E-state index in [1.54, 1.807) is 0 Å². The summed E-state index contributed by atoms with van der Waals surface area (Å²) in [7, 11) is 0. The topological polar surface area (TPSA) is 21.1 Å². The number of rotatable bonds is 2. The van der Waals surface area contributed by atoms with Crippen LogP contribution < -0.4 is 15.7 Å². The van der Waals surface area contributed by atoms with Crippen LogP contribution in [0, 0.1) is 0 Å².